The highest BCUT2D eigenvalue weighted by molar-refractivity contribution is 6.42. The molecule has 0 fully saturated rings. The number of carboxylic acids is 1. The number of benzene rings is 2. The van der Waals surface area contributed by atoms with E-state index < -0.39 is 12.1 Å². The number of halogens is 2. The fourth-order valence-corrected chi connectivity index (χ4v) is 2.65. The van der Waals surface area contributed by atoms with E-state index in [-0.39, 0.29) is 6.42 Å². The first-order chi connectivity index (χ1) is 10.4. The van der Waals surface area contributed by atoms with Crippen LogP contribution in [0.15, 0.2) is 36.4 Å². The van der Waals surface area contributed by atoms with Crippen LogP contribution in [0.4, 0.5) is 0 Å². The van der Waals surface area contributed by atoms with Crippen molar-refractivity contribution in [1.82, 2.24) is 0 Å². The standard InChI is InChI=1S/C17H16Cl2O3/c1-10-6-11(2)8-13(7-10)22-15(17(20)21)9-12-4-3-5-14(18)16(12)19/h3-8,15H,9H2,1-2H3,(H,20,21)/t15-/m1/s1. The summed E-state index contributed by atoms with van der Waals surface area (Å²) in [5, 5.41) is 10.2. The molecule has 0 radical (unpaired) electrons. The smallest absolute Gasteiger partial charge is 0.345 e. The van der Waals surface area contributed by atoms with Gasteiger partial charge in [0.1, 0.15) is 5.75 Å². The van der Waals surface area contributed by atoms with Gasteiger partial charge in [-0.2, -0.15) is 0 Å². The van der Waals surface area contributed by atoms with Crippen molar-refractivity contribution in [3.63, 3.8) is 0 Å². The zero-order valence-electron chi connectivity index (χ0n) is 12.3. The van der Waals surface area contributed by atoms with E-state index in [1.807, 2.05) is 32.0 Å². The molecule has 3 nitrogen and oxygen atoms in total. The zero-order chi connectivity index (χ0) is 16.3. The molecule has 22 heavy (non-hydrogen) atoms. The maximum Gasteiger partial charge on any atom is 0.345 e. The minimum absolute atomic E-state index is 0.141. The van der Waals surface area contributed by atoms with E-state index in [1.54, 1.807) is 18.2 Å². The Morgan fingerprint density at radius 2 is 1.82 bits per heavy atom. The molecular weight excluding hydrogens is 323 g/mol. The maximum atomic E-state index is 11.5. The van der Waals surface area contributed by atoms with E-state index >= 15 is 0 Å². The van der Waals surface area contributed by atoms with Crippen molar-refractivity contribution >= 4 is 29.2 Å². The van der Waals surface area contributed by atoms with Gasteiger partial charge in [0.05, 0.1) is 10.0 Å². The van der Waals surface area contributed by atoms with Crippen LogP contribution in [0.2, 0.25) is 10.0 Å². The summed E-state index contributed by atoms with van der Waals surface area (Å²) in [4.78, 5) is 11.5. The van der Waals surface area contributed by atoms with Crippen LogP contribution in [0.1, 0.15) is 16.7 Å². The van der Waals surface area contributed by atoms with E-state index in [1.165, 1.54) is 0 Å². The SMILES string of the molecule is Cc1cc(C)cc(O[C@H](Cc2cccc(Cl)c2Cl)C(=O)O)c1. The number of hydrogen-bond acceptors (Lipinski definition) is 2. The van der Waals surface area contributed by atoms with E-state index in [0.29, 0.717) is 21.4 Å². The van der Waals surface area contributed by atoms with E-state index in [9.17, 15) is 9.90 Å². The average Bonchev–Trinajstić information content (AvgIpc) is 2.41. The van der Waals surface area contributed by atoms with Crippen molar-refractivity contribution in [1.29, 1.82) is 0 Å². The summed E-state index contributed by atoms with van der Waals surface area (Å²) in [6.45, 7) is 3.87. The van der Waals surface area contributed by atoms with E-state index in [2.05, 4.69) is 0 Å². The van der Waals surface area contributed by atoms with Gasteiger partial charge >= 0.3 is 5.97 Å². The molecule has 2 aromatic carbocycles. The molecular formula is C17H16Cl2O3. The Kier molecular flexibility index (Phi) is 5.33. The number of hydrogen-bond donors (Lipinski definition) is 1. The second-order valence-corrected chi connectivity index (χ2v) is 5.97. The average molecular weight is 339 g/mol. The molecule has 2 rings (SSSR count). The first-order valence-corrected chi connectivity index (χ1v) is 7.53. The highest BCUT2D eigenvalue weighted by Crippen LogP contribution is 2.27. The fourth-order valence-electron chi connectivity index (χ4n) is 2.25. The fraction of sp³-hybridized carbons (Fsp3) is 0.235. The van der Waals surface area contributed by atoms with Gasteiger partial charge in [-0.1, -0.05) is 41.4 Å². The monoisotopic (exact) mass is 338 g/mol. The Morgan fingerprint density at radius 3 is 2.41 bits per heavy atom. The molecule has 0 saturated carbocycles. The third kappa shape index (κ3) is 4.15. The van der Waals surface area contributed by atoms with Gasteiger partial charge in [0, 0.05) is 6.42 Å². The number of rotatable bonds is 5. The minimum Gasteiger partial charge on any atom is -0.478 e. The lowest BCUT2D eigenvalue weighted by molar-refractivity contribution is -0.145. The van der Waals surface area contributed by atoms with E-state index in [4.69, 9.17) is 27.9 Å². The van der Waals surface area contributed by atoms with Crippen molar-refractivity contribution in [3.8, 4) is 5.75 Å². The number of ether oxygens (including phenoxy) is 1. The lowest BCUT2D eigenvalue weighted by atomic mass is 10.1. The third-order valence-electron chi connectivity index (χ3n) is 3.19. The molecule has 0 spiro atoms. The van der Waals surface area contributed by atoms with Crippen LogP contribution in [-0.4, -0.2) is 17.2 Å². The highest BCUT2D eigenvalue weighted by Gasteiger charge is 2.22. The summed E-state index contributed by atoms with van der Waals surface area (Å²) in [6.07, 6.45) is -0.890. The van der Waals surface area contributed by atoms with Gasteiger partial charge in [0.2, 0.25) is 0 Å². The number of aliphatic carboxylic acids is 1. The molecule has 5 heteroatoms. The van der Waals surface area contributed by atoms with Crippen molar-refractivity contribution in [2.75, 3.05) is 0 Å². The molecule has 116 valence electrons. The zero-order valence-corrected chi connectivity index (χ0v) is 13.8. The molecule has 0 heterocycles. The van der Waals surface area contributed by atoms with Gasteiger partial charge in [-0.3, -0.25) is 0 Å². The first-order valence-electron chi connectivity index (χ1n) is 6.77. The molecule has 0 aromatic heterocycles. The summed E-state index contributed by atoms with van der Waals surface area (Å²) < 4.78 is 5.64. The van der Waals surface area contributed by atoms with E-state index in [0.717, 1.165) is 11.1 Å². The van der Waals surface area contributed by atoms with Crippen LogP contribution >= 0.6 is 23.2 Å². The molecule has 0 amide bonds. The second-order valence-electron chi connectivity index (χ2n) is 5.19. The normalized spacial score (nSPS) is 12.0. The van der Waals surface area contributed by atoms with Crippen LogP contribution in [0, 0.1) is 13.8 Å². The van der Waals surface area contributed by atoms with Crippen LogP contribution in [-0.2, 0) is 11.2 Å². The van der Waals surface area contributed by atoms with Gasteiger partial charge in [0.15, 0.2) is 6.10 Å². The second kappa shape index (κ2) is 7.03. The third-order valence-corrected chi connectivity index (χ3v) is 4.04. The topological polar surface area (TPSA) is 46.5 Å². The van der Waals surface area contributed by atoms with Gasteiger partial charge in [-0.15, -0.1) is 0 Å². The Hall–Kier alpha value is -1.71. The van der Waals surface area contributed by atoms with Crippen LogP contribution < -0.4 is 4.74 Å². The number of aryl methyl sites for hydroxylation is 2. The predicted molar refractivity (Wildman–Crippen MR) is 88.1 cm³/mol. The van der Waals surface area contributed by atoms with Gasteiger partial charge in [-0.25, -0.2) is 4.79 Å². The summed E-state index contributed by atoms with van der Waals surface area (Å²) >= 11 is 12.1. The number of carboxylic acid groups (broad SMARTS) is 1. The summed E-state index contributed by atoms with van der Waals surface area (Å²) in [5.41, 5.74) is 2.67. The largest absolute Gasteiger partial charge is 0.478 e. The molecule has 0 aliphatic rings. The van der Waals surface area contributed by atoms with Gasteiger partial charge in [-0.05, 0) is 48.7 Å². The van der Waals surface area contributed by atoms with Crippen molar-refractivity contribution in [2.24, 2.45) is 0 Å². The van der Waals surface area contributed by atoms with Crippen LogP contribution in [0.5, 0.6) is 5.75 Å². The lowest BCUT2D eigenvalue weighted by Gasteiger charge is -2.17. The quantitative estimate of drug-likeness (QED) is 0.860. The van der Waals surface area contributed by atoms with Crippen LogP contribution in [0.3, 0.4) is 0 Å². The van der Waals surface area contributed by atoms with Crippen LogP contribution in [0.25, 0.3) is 0 Å². The summed E-state index contributed by atoms with van der Waals surface area (Å²) in [7, 11) is 0. The number of carbonyl (C=O) groups is 1. The molecule has 2 aromatic rings. The molecule has 0 unspecified atom stereocenters. The van der Waals surface area contributed by atoms with Gasteiger partial charge < -0.3 is 9.84 Å². The maximum absolute atomic E-state index is 11.5. The summed E-state index contributed by atoms with van der Waals surface area (Å²) in [6, 6.07) is 10.8. The predicted octanol–water partition coefficient (Wildman–Crippen LogP) is 4.68. The van der Waals surface area contributed by atoms with Gasteiger partial charge in [0.25, 0.3) is 0 Å². The Labute approximate surface area is 139 Å². The molecule has 0 aliphatic carbocycles. The minimum atomic E-state index is -1.05. The Morgan fingerprint density at radius 1 is 1.18 bits per heavy atom. The van der Waals surface area contributed by atoms with Crippen molar-refractivity contribution < 1.29 is 14.6 Å². The highest BCUT2D eigenvalue weighted by atomic mass is 35.5. The molecule has 1 N–H and O–H groups in total. The molecule has 0 saturated heterocycles. The molecule has 0 bridgehead atoms. The Balaban J connectivity index is 2.23. The van der Waals surface area contributed by atoms with Crippen molar-refractivity contribution in [3.05, 3.63) is 63.1 Å². The molecule has 0 aliphatic heterocycles. The molecule has 1 atom stereocenters. The summed E-state index contributed by atoms with van der Waals surface area (Å²) in [5.74, 6) is -0.516. The Bertz CT molecular complexity index is 678. The first kappa shape index (κ1) is 16.7. The van der Waals surface area contributed by atoms with Crippen molar-refractivity contribution in [2.45, 2.75) is 26.4 Å². The lowest BCUT2D eigenvalue weighted by Crippen LogP contribution is -2.29.